The molecule has 2 aliphatic rings. The highest BCUT2D eigenvalue weighted by Crippen LogP contribution is 2.33. The van der Waals surface area contributed by atoms with Gasteiger partial charge in [-0.05, 0) is 44.2 Å². The second-order valence-electron chi connectivity index (χ2n) is 8.12. The van der Waals surface area contributed by atoms with Gasteiger partial charge in [0.05, 0.1) is 6.61 Å². The number of hydrogen-bond donors (Lipinski definition) is 0. The van der Waals surface area contributed by atoms with Crippen LogP contribution in [0, 0.1) is 5.92 Å². The molecule has 4 rings (SSSR count). The Kier molecular flexibility index (Phi) is 6.91. The fourth-order valence-corrected chi connectivity index (χ4v) is 4.37. The predicted octanol–water partition coefficient (Wildman–Crippen LogP) is 2.26. The molecule has 9 nitrogen and oxygen atoms in total. The van der Waals surface area contributed by atoms with Crippen molar-refractivity contribution >= 4 is 11.8 Å². The van der Waals surface area contributed by atoms with Crippen LogP contribution in [0.25, 0.3) is 0 Å². The molecule has 0 N–H and O–H groups in total. The lowest BCUT2D eigenvalue weighted by molar-refractivity contribution is -0.141. The monoisotopic (exact) mass is 427 g/mol. The number of hydrogen-bond acceptors (Lipinski definition) is 7. The van der Waals surface area contributed by atoms with Gasteiger partial charge in [-0.2, -0.15) is 4.98 Å². The van der Waals surface area contributed by atoms with Crippen molar-refractivity contribution in [2.75, 3.05) is 33.4 Å². The van der Waals surface area contributed by atoms with Crippen LogP contribution in [-0.4, -0.2) is 70.1 Å². The number of amides is 2. The van der Waals surface area contributed by atoms with Gasteiger partial charge in [0.25, 0.3) is 5.91 Å². The van der Waals surface area contributed by atoms with Crippen LogP contribution in [0.1, 0.15) is 60.3 Å². The average Bonchev–Trinajstić information content (AvgIpc) is 3.31. The standard InChI is InChI=1S/C22H29N5O4/c1-30-15-10-19-24-20(31-25-19)18-7-3-5-12-27(18)21(28)16-8-13-26(14-9-16)22(29)17-6-2-4-11-23-17/h2,4,6,11,16,18H,3,5,7-10,12-15H2,1H3. The first-order chi connectivity index (χ1) is 15.2. The van der Waals surface area contributed by atoms with Crippen molar-refractivity contribution in [2.45, 2.75) is 44.6 Å². The van der Waals surface area contributed by atoms with Crippen LogP contribution in [-0.2, 0) is 16.0 Å². The fraction of sp³-hybridized carbons (Fsp3) is 0.591. The zero-order valence-corrected chi connectivity index (χ0v) is 17.9. The molecule has 0 saturated carbocycles. The van der Waals surface area contributed by atoms with E-state index in [1.165, 1.54) is 0 Å². The van der Waals surface area contributed by atoms with Crippen molar-refractivity contribution in [3.8, 4) is 0 Å². The number of pyridine rings is 1. The molecule has 2 aromatic heterocycles. The molecule has 0 spiro atoms. The van der Waals surface area contributed by atoms with E-state index in [1.807, 2.05) is 11.0 Å². The number of rotatable bonds is 6. The lowest BCUT2D eigenvalue weighted by Crippen LogP contribution is -2.46. The van der Waals surface area contributed by atoms with E-state index in [0.29, 0.717) is 62.9 Å². The topological polar surface area (TPSA) is 102 Å². The van der Waals surface area contributed by atoms with Gasteiger partial charge >= 0.3 is 0 Å². The van der Waals surface area contributed by atoms with Crippen molar-refractivity contribution in [3.63, 3.8) is 0 Å². The number of carbonyl (C=O) groups excluding carboxylic acids is 2. The minimum atomic E-state index is -0.168. The molecule has 4 heterocycles. The van der Waals surface area contributed by atoms with Gasteiger partial charge in [-0.3, -0.25) is 14.6 Å². The molecule has 166 valence electrons. The average molecular weight is 428 g/mol. The van der Waals surface area contributed by atoms with E-state index in [4.69, 9.17) is 9.26 Å². The van der Waals surface area contributed by atoms with E-state index < -0.39 is 0 Å². The number of methoxy groups -OCH3 is 1. The summed E-state index contributed by atoms with van der Waals surface area (Å²) < 4.78 is 10.6. The number of nitrogens with zero attached hydrogens (tertiary/aromatic N) is 5. The Bertz CT molecular complexity index is 879. The molecular weight excluding hydrogens is 398 g/mol. The fourth-order valence-electron chi connectivity index (χ4n) is 4.37. The third kappa shape index (κ3) is 4.92. The highest BCUT2D eigenvalue weighted by Gasteiger charge is 2.37. The van der Waals surface area contributed by atoms with Gasteiger partial charge in [0.2, 0.25) is 11.8 Å². The Hall–Kier alpha value is -2.81. The van der Waals surface area contributed by atoms with Crippen LogP contribution < -0.4 is 0 Å². The first kappa shape index (κ1) is 21.4. The van der Waals surface area contributed by atoms with E-state index in [1.54, 1.807) is 30.3 Å². The van der Waals surface area contributed by atoms with Crippen LogP contribution in [0.15, 0.2) is 28.9 Å². The van der Waals surface area contributed by atoms with Crippen LogP contribution in [0.5, 0.6) is 0 Å². The van der Waals surface area contributed by atoms with Gasteiger partial charge in [-0.1, -0.05) is 11.2 Å². The minimum Gasteiger partial charge on any atom is -0.384 e. The Labute approximate surface area is 181 Å². The van der Waals surface area contributed by atoms with Crippen LogP contribution in [0.3, 0.4) is 0 Å². The number of aromatic nitrogens is 3. The molecule has 2 fully saturated rings. The lowest BCUT2D eigenvalue weighted by atomic mass is 9.92. The molecule has 9 heteroatoms. The Morgan fingerprint density at radius 3 is 2.74 bits per heavy atom. The largest absolute Gasteiger partial charge is 0.384 e. The first-order valence-corrected chi connectivity index (χ1v) is 11.0. The molecule has 0 aliphatic carbocycles. The van der Waals surface area contributed by atoms with Gasteiger partial charge < -0.3 is 19.1 Å². The second kappa shape index (κ2) is 10.00. The van der Waals surface area contributed by atoms with Crippen LogP contribution in [0.4, 0.5) is 0 Å². The predicted molar refractivity (Wildman–Crippen MR) is 111 cm³/mol. The van der Waals surface area contributed by atoms with E-state index in [9.17, 15) is 9.59 Å². The highest BCUT2D eigenvalue weighted by atomic mass is 16.5. The van der Waals surface area contributed by atoms with Crippen molar-refractivity contribution in [1.82, 2.24) is 24.9 Å². The van der Waals surface area contributed by atoms with E-state index in [-0.39, 0.29) is 23.8 Å². The number of carbonyl (C=O) groups is 2. The maximum atomic E-state index is 13.4. The van der Waals surface area contributed by atoms with Crippen molar-refractivity contribution in [3.05, 3.63) is 41.8 Å². The van der Waals surface area contributed by atoms with Gasteiger partial charge in [0.1, 0.15) is 11.7 Å². The summed E-state index contributed by atoms with van der Waals surface area (Å²) >= 11 is 0. The number of ether oxygens (including phenoxy) is 1. The molecule has 2 aliphatic heterocycles. The zero-order valence-electron chi connectivity index (χ0n) is 17.9. The summed E-state index contributed by atoms with van der Waals surface area (Å²) in [4.78, 5) is 38.3. The molecule has 0 bridgehead atoms. The maximum absolute atomic E-state index is 13.4. The van der Waals surface area contributed by atoms with E-state index >= 15 is 0 Å². The summed E-state index contributed by atoms with van der Waals surface area (Å²) in [5.74, 6) is 1.09. The number of likely N-dealkylation sites (tertiary alicyclic amines) is 2. The quantitative estimate of drug-likeness (QED) is 0.697. The summed E-state index contributed by atoms with van der Waals surface area (Å²) in [6.07, 6.45) is 6.36. The molecule has 0 radical (unpaired) electrons. The molecule has 1 atom stereocenters. The van der Waals surface area contributed by atoms with E-state index in [2.05, 4.69) is 15.1 Å². The van der Waals surface area contributed by atoms with Crippen molar-refractivity contribution < 1.29 is 18.8 Å². The van der Waals surface area contributed by atoms with Crippen LogP contribution in [0.2, 0.25) is 0 Å². The molecular formula is C22H29N5O4. The SMILES string of the molecule is COCCc1noc(C2CCCCN2C(=O)C2CCN(C(=O)c3ccccn3)CC2)n1. The summed E-state index contributed by atoms with van der Waals surface area (Å²) in [7, 11) is 1.64. The minimum absolute atomic E-state index is 0.0724. The zero-order chi connectivity index (χ0) is 21.6. The third-order valence-corrected chi connectivity index (χ3v) is 6.10. The van der Waals surface area contributed by atoms with Gasteiger partial charge in [-0.25, -0.2) is 0 Å². The molecule has 2 aromatic rings. The summed E-state index contributed by atoms with van der Waals surface area (Å²) in [6, 6.07) is 5.16. The Morgan fingerprint density at radius 1 is 1.16 bits per heavy atom. The maximum Gasteiger partial charge on any atom is 0.272 e. The van der Waals surface area contributed by atoms with Gasteiger partial charge in [0.15, 0.2) is 5.82 Å². The molecule has 1 unspecified atom stereocenters. The second-order valence-corrected chi connectivity index (χ2v) is 8.12. The van der Waals surface area contributed by atoms with E-state index in [0.717, 1.165) is 19.3 Å². The normalized spacial score (nSPS) is 20.1. The Balaban J connectivity index is 1.38. The highest BCUT2D eigenvalue weighted by molar-refractivity contribution is 5.92. The molecule has 2 saturated heterocycles. The first-order valence-electron chi connectivity index (χ1n) is 11.0. The summed E-state index contributed by atoms with van der Waals surface area (Å²) in [5, 5.41) is 4.04. The smallest absolute Gasteiger partial charge is 0.272 e. The van der Waals surface area contributed by atoms with Crippen molar-refractivity contribution in [1.29, 1.82) is 0 Å². The summed E-state index contributed by atoms with van der Waals surface area (Å²) in [5.41, 5.74) is 0.448. The molecule has 0 aromatic carbocycles. The summed E-state index contributed by atoms with van der Waals surface area (Å²) in [6.45, 7) is 2.35. The molecule has 2 amide bonds. The van der Waals surface area contributed by atoms with Gasteiger partial charge in [0, 0.05) is 45.3 Å². The molecule has 31 heavy (non-hydrogen) atoms. The van der Waals surface area contributed by atoms with Crippen molar-refractivity contribution in [2.24, 2.45) is 5.92 Å². The van der Waals surface area contributed by atoms with Gasteiger partial charge in [-0.15, -0.1) is 0 Å². The third-order valence-electron chi connectivity index (χ3n) is 6.10. The number of piperidine rings is 2. The van der Waals surface area contributed by atoms with Crippen LogP contribution >= 0.6 is 0 Å². The lowest BCUT2D eigenvalue weighted by Gasteiger charge is -2.38. The Morgan fingerprint density at radius 2 is 2.00 bits per heavy atom.